The van der Waals surface area contributed by atoms with Crippen LogP contribution in [-0.4, -0.2) is 39.8 Å². The van der Waals surface area contributed by atoms with E-state index < -0.39 is 0 Å². The Morgan fingerprint density at radius 3 is 2.17 bits per heavy atom. The zero-order valence-corrected chi connectivity index (χ0v) is 14.1. The number of rotatable bonds is 4. The predicted octanol–water partition coefficient (Wildman–Crippen LogP) is 3.29. The van der Waals surface area contributed by atoms with Crippen molar-refractivity contribution in [2.45, 2.75) is 12.5 Å². The molecule has 1 atom stereocenters. The van der Waals surface area contributed by atoms with Crippen molar-refractivity contribution in [2.75, 3.05) is 34.9 Å². The number of fused-ring (bicyclic) bond motifs is 1. The van der Waals surface area contributed by atoms with Crippen LogP contribution in [0, 0.1) is 0 Å². The Bertz CT molecular complexity index is 682. The number of hydrogen-bond donors (Lipinski definition) is 0. The molecule has 2 aromatic carbocycles. The molecule has 0 bridgehead atoms. The van der Waals surface area contributed by atoms with Gasteiger partial charge < -0.3 is 19.1 Å². The van der Waals surface area contributed by atoms with Gasteiger partial charge in [0.05, 0.1) is 21.3 Å². The number of ether oxygens (including phenoxy) is 3. The number of nitrogens with zero attached hydrogens (tertiary/aromatic N) is 1. The van der Waals surface area contributed by atoms with Crippen LogP contribution < -0.4 is 14.2 Å². The minimum absolute atomic E-state index is 0.314. The van der Waals surface area contributed by atoms with Crippen LogP contribution in [0.25, 0.3) is 0 Å². The normalized spacial score (nSPS) is 17.5. The van der Waals surface area contributed by atoms with E-state index in [9.17, 15) is 0 Å². The maximum atomic E-state index is 5.49. The lowest BCUT2D eigenvalue weighted by molar-refractivity contribution is 0.291. The summed E-state index contributed by atoms with van der Waals surface area (Å²) in [5, 5.41) is 0. The van der Waals surface area contributed by atoms with Crippen molar-refractivity contribution in [2.24, 2.45) is 0 Å². The molecular formula is C19H23NO3. The number of likely N-dealkylation sites (N-methyl/N-ethyl adjacent to an activating group) is 1. The lowest BCUT2D eigenvalue weighted by Crippen LogP contribution is -2.31. The van der Waals surface area contributed by atoms with Crippen molar-refractivity contribution in [1.29, 1.82) is 0 Å². The van der Waals surface area contributed by atoms with E-state index in [1.54, 1.807) is 21.3 Å². The largest absolute Gasteiger partial charge is 0.497 e. The van der Waals surface area contributed by atoms with E-state index in [1.807, 2.05) is 12.1 Å². The minimum atomic E-state index is 0.314. The molecule has 23 heavy (non-hydrogen) atoms. The minimum Gasteiger partial charge on any atom is -0.497 e. The van der Waals surface area contributed by atoms with Crippen molar-refractivity contribution in [3.63, 3.8) is 0 Å². The fraction of sp³-hybridized carbons (Fsp3) is 0.368. The highest BCUT2D eigenvalue weighted by Crippen LogP contribution is 2.39. The summed E-state index contributed by atoms with van der Waals surface area (Å²) in [6.07, 6.45) is 0. The molecule has 0 amide bonds. The Morgan fingerprint density at radius 1 is 0.913 bits per heavy atom. The molecule has 0 N–H and O–H groups in total. The number of hydrogen-bond acceptors (Lipinski definition) is 4. The highest BCUT2D eigenvalue weighted by Gasteiger charge is 2.26. The van der Waals surface area contributed by atoms with Gasteiger partial charge in [0, 0.05) is 19.0 Å². The average molecular weight is 313 g/mol. The van der Waals surface area contributed by atoms with E-state index >= 15 is 0 Å². The smallest absolute Gasteiger partial charge is 0.161 e. The molecule has 0 saturated carbocycles. The second-order valence-corrected chi connectivity index (χ2v) is 5.93. The maximum Gasteiger partial charge on any atom is 0.161 e. The molecule has 0 aliphatic carbocycles. The molecule has 0 saturated heterocycles. The first-order valence-electron chi connectivity index (χ1n) is 7.73. The lowest BCUT2D eigenvalue weighted by Gasteiger charge is -2.33. The summed E-state index contributed by atoms with van der Waals surface area (Å²) >= 11 is 0. The van der Waals surface area contributed by atoms with Crippen molar-refractivity contribution >= 4 is 0 Å². The van der Waals surface area contributed by atoms with Crippen molar-refractivity contribution in [3.8, 4) is 17.2 Å². The molecule has 1 aliphatic heterocycles. The van der Waals surface area contributed by atoms with E-state index in [1.165, 1.54) is 16.7 Å². The highest BCUT2D eigenvalue weighted by atomic mass is 16.5. The van der Waals surface area contributed by atoms with Crippen LogP contribution in [-0.2, 0) is 6.54 Å². The lowest BCUT2D eigenvalue weighted by atomic mass is 9.84. The monoisotopic (exact) mass is 313 g/mol. The SMILES string of the molecule is COc1ccc([C@H]2CN(C)Cc3cc(OC)c(OC)cc32)cc1. The van der Waals surface area contributed by atoms with Gasteiger partial charge in [0.15, 0.2) is 11.5 Å². The van der Waals surface area contributed by atoms with Gasteiger partial charge in [0.2, 0.25) is 0 Å². The standard InChI is InChI=1S/C19H23NO3/c1-20-11-14-9-18(22-3)19(23-4)10-16(14)17(12-20)13-5-7-15(21-2)8-6-13/h5-10,17H,11-12H2,1-4H3/t17-/m1/s1. The van der Waals surface area contributed by atoms with Crippen LogP contribution in [0.15, 0.2) is 36.4 Å². The molecule has 4 heteroatoms. The van der Waals surface area contributed by atoms with E-state index in [-0.39, 0.29) is 0 Å². The molecule has 4 nitrogen and oxygen atoms in total. The Kier molecular flexibility index (Phi) is 4.44. The molecule has 0 unspecified atom stereocenters. The third-order valence-corrected chi connectivity index (χ3v) is 4.47. The third kappa shape index (κ3) is 2.99. The molecule has 0 fully saturated rings. The van der Waals surface area contributed by atoms with Crippen LogP contribution in [0.4, 0.5) is 0 Å². The van der Waals surface area contributed by atoms with Gasteiger partial charge in [0.1, 0.15) is 5.75 Å². The summed E-state index contributed by atoms with van der Waals surface area (Å²) in [6.45, 7) is 1.90. The Hall–Kier alpha value is -2.20. The van der Waals surface area contributed by atoms with E-state index in [4.69, 9.17) is 14.2 Å². The quantitative estimate of drug-likeness (QED) is 0.867. The summed E-state index contributed by atoms with van der Waals surface area (Å²) < 4.78 is 16.2. The average Bonchev–Trinajstić information content (AvgIpc) is 2.59. The molecule has 0 aromatic heterocycles. The Balaban J connectivity index is 2.06. The highest BCUT2D eigenvalue weighted by molar-refractivity contribution is 5.52. The summed E-state index contributed by atoms with van der Waals surface area (Å²) in [4.78, 5) is 2.34. The topological polar surface area (TPSA) is 30.9 Å². The Labute approximate surface area is 137 Å². The van der Waals surface area contributed by atoms with Gasteiger partial charge >= 0.3 is 0 Å². The van der Waals surface area contributed by atoms with Crippen molar-refractivity contribution in [1.82, 2.24) is 4.90 Å². The van der Waals surface area contributed by atoms with Crippen LogP contribution in [0.5, 0.6) is 17.2 Å². The third-order valence-electron chi connectivity index (χ3n) is 4.47. The zero-order valence-electron chi connectivity index (χ0n) is 14.1. The fourth-order valence-electron chi connectivity index (χ4n) is 3.28. The van der Waals surface area contributed by atoms with Gasteiger partial charge in [-0.3, -0.25) is 0 Å². The molecule has 122 valence electrons. The summed E-state index contributed by atoms with van der Waals surface area (Å²) in [5.41, 5.74) is 3.88. The summed E-state index contributed by atoms with van der Waals surface area (Å²) in [7, 11) is 7.20. The molecular weight excluding hydrogens is 290 g/mol. The van der Waals surface area contributed by atoms with E-state index in [0.717, 1.165) is 30.3 Å². The molecule has 0 radical (unpaired) electrons. The van der Waals surface area contributed by atoms with Crippen molar-refractivity contribution in [3.05, 3.63) is 53.1 Å². The first-order chi connectivity index (χ1) is 11.2. The van der Waals surface area contributed by atoms with E-state index in [2.05, 4.69) is 36.2 Å². The molecule has 2 aromatic rings. The zero-order chi connectivity index (χ0) is 16.4. The van der Waals surface area contributed by atoms with Crippen LogP contribution >= 0.6 is 0 Å². The molecule has 0 spiro atoms. The van der Waals surface area contributed by atoms with Crippen LogP contribution in [0.3, 0.4) is 0 Å². The summed E-state index contributed by atoms with van der Waals surface area (Å²) in [6, 6.07) is 12.5. The van der Waals surface area contributed by atoms with Gasteiger partial charge in [-0.2, -0.15) is 0 Å². The first kappa shape index (κ1) is 15.7. The molecule has 1 heterocycles. The molecule has 3 rings (SSSR count). The molecule has 1 aliphatic rings. The second kappa shape index (κ2) is 6.50. The van der Waals surface area contributed by atoms with E-state index in [0.29, 0.717) is 5.92 Å². The summed E-state index contributed by atoms with van der Waals surface area (Å²) in [5.74, 6) is 2.77. The fourth-order valence-corrected chi connectivity index (χ4v) is 3.28. The van der Waals surface area contributed by atoms with Gasteiger partial charge in [-0.1, -0.05) is 12.1 Å². The number of benzene rings is 2. The number of methoxy groups -OCH3 is 3. The van der Waals surface area contributed by atoms with Gasteiger partial charge in [-0.05, 0) is 48.0 Å². The van der Waals surface area contributed by atoms with Crippen molar-refractivity contribution < 1.29 is 14.2 Å². The maximum absolute atomic E-state index is 5.49. The van der Waals surface area contributed by atoms with Gasteiger partial charge in [0.25, 0.3) is 0 Å². The Morgan fingerprint density at radius 2 is 1.57 bits per heavy atom. The first-order valence-corrected chi connectivity index (χ1v) is 7.73. The second-order valence-electron chi connectivity index (χ2n) is 5.93. The van der Waals surface area contributed by atoms with Gasteiger partial charge in [-0.25, -0.2) is 0 Å². The van der Waals surface area contributed by atoms with Crippen LogP contribution in [0.2, 0.25) is 0 Å². The van der Waals surface area contributed by atoms with Crippen LogP contribution in [0.1, 0.15) is 22.6 Å². The predicted molar refractivity (Wildman–Crippen MR) is 90.7 cm³/mol. The van der Waals surface area contributed by atoms with Gasteiger partial charge in [-0.15, -0.1) is 0 Å².